The smallest absolute Gasteiger partial charge is 0.199 e. The third-order valence-corrected chi connectivity index (χ3v) is 5.25. The van der Waals surface area contributed by atoms with Crippen LogP contribution < -0.4 is 5.30 Å². The molecule has 0 fully saturated rings. The average molecular weight is 352 g/mol. The molecule has 0 saturated heterocycles. The first-order valence-electron chi connectivity index (χ1n) is 8.25. The highest BCUT2D eigenvalue weighted by Crippen LogP contribution is 2.42. The molecule has 128 valence electrons. The van der Waals surface area contributed by atoms with Crippen LogP contribution in [0.2, 0.25) is 0 Å². The van der Waals surface area contributed by atoms with Crippen molar-refractivity contribution in [1.82, 2.24) is 0 Å². The Morgan fingerprint density at radius 3 is 2.80 bits per heavy atom. The molecule has 1 aliphatic rings. The van der Waals surface area contributed by atoms with Gasteiger partial charge in [0, 0.05) is 12.3 Å². The third-order valence-electron chi connectivity index (χ3n) is 4.92. The second kappa shape index (κ2) is 7.03. The maximum absolute atomic E-state index is 11.8. The van der Waals surface area contributed by atoms with Gasteiger partial charge in [-0.15, -0.1) is 9.24 Å². The predicted molar refractivity (Wildman–Crippen MR) is 104 cm³/mol. The molecule has 0 aliphatic heterocycles. The number of hydrogen-bond donors (Lipinski definition) is 1. The maximum Gasteiger partial charge on any atom is 0.199 e. The highest BCUT2D eigenvalue weighted by molar-refractivity contribution is 7.27. The Bertz CT molecular complexity index is 883. The van der Waals surface area contributed by atoms with Gasteiger partial charge in [-0.2, -0.15) is 0 Å². The van der Waals surface area contributed by atoms with E-state index in [0.717, 1.165) is 45.1 Å². The zero-order valence-corrected chi connectivity index (χ0v) is 15.4. The van der Waals surface area contributed by atoms with Crippen LogP contribution in [0.1, 0.15) is 22.3 Å². The van der Waals surface area contributed by atoms with Gasteiger partial charge in [-0.05, 0) is 63.7 Å². The first-order valence-corrected chi connectivity index (χ1v) is 8.83. The van der Waals surface area contributed by atoms with E-state index in [1.54, 1.807) is 0 Å². The highest BCUT2D eigenvalue weighted by atomic mass is 31.0. The predicted octanol–water partition coefficient (Wildman–Crippen LogP) is 2.65. The fourth-order valence-electron chi connectivity index (χ4n) is 3.68. The highest BCUT2D eigenvalue weighted by Gasteiger charge is 2.28. The molecule has 2 atom stereocenters. The Labute approximate surface area is 150 Å². The number of carbonyl (C=O) groups is 2. The van der Waals surface area contributed by atoms with Gasteiger partial charge in [0.05, 0.1) is 6.61 Å². The summed E-state index contributed by atoms with van der Waals surface area (Å²) in [6.45, 7) is 6.23. The second-order valence-electron chi connectivity index (χ2n) is 6.57. The topological polar surface area (TPSA) is 54.4 Å². The van der Waals surface area contributed by atoms with Crippen LogP contribution in [-0.2, 0) is 22.4 Å². The molecule has 1 aliphatic carbocycles. The largest absolute Gasteiger partial charge is 0.396 e. The number of aldehydes is 1. The molecule has 0 radical (unpaired) electrons. The molecule has 3 rings (SSSR count). The van der Waals surface area contributed by atoms with Gasteiger partial charge < -0.3 is 5.11 Å². The molecule has 2 aromatic carbocycles. The summed E-state index contributed by atoms with van der Waals surface area (Å²) in [7, 11) is 2.69. The zero-order valence-electron chi connectivity index (χ0n) is 14.2. The summed E-state index contributed by atoms with van der Waals surface area (Å²) in [6, 6.07) is 10.1. The van der Waals surface area contributed by atoms with Crippen LogP contribution in [0.25, 0.3) is 16.7 Å². The van der Waals surface area contributed by atoms with E-state index < -0.39 is 5.78 Å². The molecule has 0 amide bonds. The maximum atomic E-state index is 11.8. The van der Waals surface area contributed by atoms with Gasteiger partial charge in [0.15, 0.2) is 12.1 Å². The molecular weight excluding hydrogens is 331 g/mol. The first-order chi connectivity index (χ1) is 12.0. The van der Waals surface area contributed by atoms with Crippen molar-refractivity contribution >= 4 is 32.2 Å². The van der Waals surface area contributed by atoms with E-state index in [2.05, 4.69) is 21.9 Å². The third kappa shape index (κ3) is 3.22. The van der Waals surface area contributed by atoms with E-state index in [-0.39, 0.29) is 18.9 Å². The molecule has 3 nitrogen and oxygen atoms in total. The minimum absolute atomic E-state index is 0.0384. The minimum Gasteiger partial charge on any atom is -0.396 e. The number of aliphatic hydroxyl groups excluding tert-OH is 1. The lowest BCUT2D eigenvalue weighted by atomic mass is 9.88. The summed E-state index contributed by atoms with van der Waals surface area (Å²) in [5.74, 6) is -0.392. The second-order valence-corrected chi connectivity index (χ2v) is 7.24. The lowest BCUT2D eigenvalue weighted by molar-refractivity contribution is -0.129. The molecule has 0 heterocycles. The number of fused-ring (bicyclic) bond motifs is 1. The number of ketones is 1. The SMILES string of the molecule is C=C1c2c(cccc2-c2cc(P)cc(C)c2CC(=O)C=O)CC1CO. The summed E-state index contributed by atoms with van der Waals surface area (Å²) in [6.07, 6.45) is 1.25. The fraction of sp³-hybridized carbons (Fsp3) is 0.238. The standard InChI is InChI=1S/C21H21O3P/c1-12-6-17(25)9-20(19(12)8-16(24)11-23)18-5-3-4-14-7-15(10-22)13(2)21(14)18/h3-6,9,11,15,22H,2,7-8,10,25H2,1H3. The Morgan fingerprint density at radius 1 is 1.36 bits per heavy atom. The van der Waals surface area contributed by atoms with Gasteiger partial charge in [0.1, 0.15) is 0 Å². The van der Waals surface area contributed by atoms with E-state index in [1.807, 2.05) is 31.2 Å². The molecule has 2 aromatic rings. The van der Waals surface area contributed by atoms with E-state index in [9.17, 15) is 14.7 Å². The van der Waals surface area contributed by atoms with Crippen LogP contribution in [0.4, 0.5) is 0 Å². The summed E-state index contributed by atoms with van der Waals surface area (Å²) in [5, 5.41) is 10.6. The first kappa shape index (κ1) is 17.7. The Balaban J connectivity index is 2.22. The monoisotopic (exact) mass is 352 g/mol. The van der Waals surface area contributed by atoms with E-state index in [4.69, 9.17) is 0 Å². The molecule has 0 spiro atoms. The summed E-state index contributed by atoms with van der Waals surface area (Å²) in [5.41, 5.74) is 7.00. The Hall–Kier alpha value is -2.09. The summed E-state index contributed by atoms with van der Waals surface area (Å²) in [4.78, 5) is 22.6. The van der Waals surface area contributed by atoms with Gasteiger partial charge >= 0.3 is 0 Å². The van der Waals surface area contributed by atoms with E-state index in [1.165, 1.54) is 5.56 Å². The van der Waals surface area contributed by atoms with Crippen LogP contribution >= 0.6 is 9.24 Å². The molecular formula is C21H21O3P. The van der Waals surface area contributed by atoms with Crippen LogP contribution in [-0.4, -0.2) is 23.8 Å². The van der Waals surface area contributed by atoms with Crippen molar-refractivity contribution in [2.24, 2.45) is 5.92 Å². The number of carbonyl (C=O) groups excluding carboxylic acids is 2. The molecule has 1 N–H and O–H groups in total. The number of aryl methyl sites for hydroxylation is 1. The van der Waals surface area contributed by atoms with Crippen LogP contribution in [0.3, 0.4) is 0 Å². The van der Waals surface area contributed by atoms with Crippen LogP contribution in [0, 0.1) is 12.8 Å². The van der Waals surface area contributed by atoms with E-state index in [0.29, 0.717) is 6.29 Å². The molecule has 0 bridgehead atoms. The Morgan fingerprint density at radius 2 is 2.12 bits per heavy atom. The molecule has 0 aromatic heterocycles. The van der Waals surface area contributed by atoms with Crippen molar-refractivity contribution in [1.29, 1.82) is 0 Å². The molecule has 2 unspecified atom stereocenters. The lowest BCUT2D eigenvalue weighted by Crippen LogP contribution is -2.09. The van der Waals surface area contributed by atoms with Crippen molar-refractivity contribution in [2.45, 2.75) is 19.8 Å². The number of aliphatic hydroxyl groups is 1. The molecule has 0 saturated carbocycles. The molecule has 4 heteroatoms. The van der Waals surface area contributed by atoms with Gasteiger partial charge in [-0.25, -0.2) is 0 Å². The van der Waals surface area contributed by atoms with Gasteiger partial charge in [-0.1, -0.05) is 30.8 Å². The van der Waals surface area contributed by atoms with Crippen LogP contribution in [0.15, 0.2) is 36.9 Å². The van der Waals surface area contributed by atoms with Gasteiger partial charge in [0.25, 0.3) is 0 Å². The van der Waals surface area contributed by atoms with Crippen LogP contribution in [0.5, 0.6) is 0 Å². The van der Waals surface area contributed by atoms with Crippen molar-refractivity contribution in [3.8, 4) is 11.1 Å². The fourth-order valence-corrected chi connectivity index (χ4v) is 4.09. The normalized spacial score (nSPS) is 16.0. The number of rotatable bonds is 5. The zero-order chi connectivity index (χ0) is 18.1. The van der Waals surface area contributed by atoms with Crippen molar-refractivity contribution in [3.63, 3.8) is 0 Å². The van der Waals surface area contributed by atoms with E-state index >= 15 is 0 Å². The van der Waals surface area contributed by atoms with Crippen molar-refractivity contribution < 1.29 is 14.7 Å². The molecule has 25 heavy (non-hydrogen) atoms. The Kier molecular flexibility index (Phi) is 4.99. The minimum atomic E-state index is -0.430. The van der Waals surface area contributed by atoms with Crippen molar-refractivity contribution in [3.05, 3.63) is 59.2 Å². The number of hydrogen-bond acceptors (Lipinski definition) is 3. The summed E-state index contributed by atoms with van der Waals surface area (Å²) >= 11 is 0. The average Bonchev–Trinajstić information content (AvgIpc) is 2.93. The quantitative estimate of drug-likeness (QED) is 0.511. The number of benzene rings is 2. The van der Waals surface area contributed by atoms with Gasteiger partial charge in [-0.3, -0.25) is 9.59 Å². The summed E-state index contributed by atoms with van der Waals surface area (Å²) < 4.78 is 0. The lowest BCUT2D eigenvalue weighted by Gasteiger charge is -2.17. The van der Waals surface area contributed by atoms with Crippen molar-refractivity contribution in [2.75, 3.05) is 6.61 Å². The van der Waals surface area contributed by atoms with Gasteiger partial charge in [0.2, 0.25) is 0 Å². The number of Topliss-reactive ketones (excluding diaryl/α,β-unsaturated/α-hetero) is 1.